The van der Waals surface area contributed by atoms with Crippen LogP contribution in [-0.2, 0) is 4.79 Å². The number of nitrogens with zero attached hydrogens (tertiary/aromatic N) is 1. The highest BCUT2D eigenvalue weighted by atomic mass is 32.1. The van der Waals surface area contributed by atoms with Crippen LogP contribution in [0.5, 0.6) is 0 Å². The van der Waals surface area contributed by atoms with Crippen molar-refractivity contribution in [2.24, 2.45) is 0 Å². The molecule has 0 spiro atoms. The van der Waals surface area contributed by atoms with Crippen LogP contribution in [0.1, 0.15) is 23.0 Å². The summed E-state index contributed by atoms with van der Waals surface area (Å²) in [4.78, 5) is 26.9. The Morgan fingerprint density at radius 1 is 1.07 bits per heavy atom. The van der Waals surface area contributed by atoms with Gasteiger partial charge in [-0.25, -0.2) is 13.2 Å². The minimum Gasteiger partial charge on any atom is -0.329 e. The first-order valence-electron chi connectivity index (χ1n) is 8.62. The Labute approximate surface area is 163 Å². The molecular formula is C20H17F3N2O2S. The number of benzene rings is 2. The van der Waals surface area contributed by atoms with Gasteiger partial charge in [0.2, 0.25) is 5.91 Å². The molecule has 146 valence electrons. The molecule has 0 atom stereocenters. The van der Waals surface area contributed by atoms with E-state index in [0.717, 1.165) is 22.2 Å². The van der Waals surface area contributed by atoms with Crippen molar-refractivity contribution in [3.05, 3.63) is 64.8 Å². The summed E-state index contributed by atoms with van der Waals surface area (Å²) >= 11 is 1.32. The van der Waals surface area contributed by atoms with Crippen molar-refractivity contribution in [3.8, 4) is 0 Å². The summed E-state index contributed by atoms with van der Waals surface area (Å²) in [7, 11) is 0. The second-order valence-electron chi connectivity index (χ2n) is 6.15. The van der Waals surface area contributed by atoms with Crippen LogP contribution in [-0.4, -0.2) is 29.8 Å². The van der Waals surface area contributed by atoms with Crippen LogP contribution < -0.4 is 5.32 Å². The van der Waals surface area contributed by atoms with Gasteiger partial charge in [-0.15, -0.1) is 11.3 Å². The predicted molar refractivity (Wildman–Crippen MR) is 103 cm³/mol. The van der Waals surface area contributed by atoms with Crippen molar-refractivity contribution in [1.29, 1.82) is 0 Å². The fourth-order valence-electron chi connectivity index (χ4n) is 2.75. The fourth-order valence-corrected chi connectivity index (χ4v) is 3.78. The summed E-state index contributed by atoms with van der Waals surface area (Å²) in [6.45, 7) is 1.85. The van der Waals surface area contributed by atoms with E-state index in [0.29, 0.717) is 17.8 Å². The molecule has 3 rings (SSSR count). The summed E-state index contributed by atoms with van der Waals surface area (Å²) in [5, 5.41) is 3.12. The van der Waals surface area contributed by atoms with Gasteiger partial charge >= 0.3 is 0 Å². The number of hydrogen-bond donors (Lipinski definition) is 1. The summed E-state index contributed by atoms with van der Waals surface area (Å²) in [5.41, 5.74) is -0.477. The highest BCUT2D eigenvalue weighted by Crippen LogP contribution is 2.26. The number of rotatable bonds is 6. The minimum absolute atomic E-state index is 0.316. The lowest BCUT2D eigenvalue weighted by Gasteiger charge is -2.21. The maximum Gasteiger partial charge on any atom is 0.264 e. The van der Waals surface area contributed by atoms with E-state index in [9.17, 15) is 22.8 Å². The zero-order valence-electron chi connectivity index (χ0n) is 15.0. The van der Waals surface area contributed by atoms with E-state index in [1.807, 2.05) is 31.2 Å². The number of anilines is 1. The zero-order valence-corrected chi connectivity index (χ0v) is 15.8. The number of hydrogen-bond acceptors (Lipinski definition) is 3. The lowest BCUT2D eigenvalue weighted by atomic mass is 10.2. The molecule has 1 aromatic heterocycles. The monoisotopic (exact) mass is 406 g/mol. The molecule has 0 bridgehead atoms. The van der Waals surface area contributed by atoms with Gasteiger partial charge in [-0.2, -0.15) is 0 Å². The summed E-state index contributed by atoms with van der Waals surface area (Å²) in [6, 6.07) is 11.0. The Balaban J connectivity index is 1.75. The quantitative estimate of drug-likeness (QED) is 0.598. The number of thiophene rings is 1. The molecule has 1 heterocycles. The van der Waals surface area contributed by atoms with Crippen molar-refractivity contribution < 1.29 is 22.8 Å². The van der Waals surface area contributed by atoms with Crippen LogP contribution in [0.25, 0.3) is 10.1 Å². The van der Waals surface area contributed by atoms with Gasteiger partial charge in [0.05, 0.1) is 10.6 Å². The van der Waals surface area contributed by atoms with Crippen LogP contribution in [0, 0.1) is 17.5 Å². The molecule has 0 radical (unpaired) electrons. The number of halogens is 3. The number of amides is 2. The van der Waals surface area contributed by atoms with Gasteiger partial charge in [-0.05, 0) is 36.1 Å². The number of nitrogens with one attached hydrogen (secondary N) is 1. The molecule has 2 amide bonds. The van der Waals surface area contributed by atoms with E-state index in [1.165, 1.54) is 16.2 Å². The first-order chi connectivity index (χ1) is 13.4. The Hall–Kier alpha value is -2.87. The molecule has 8 heteroatoms. The molecule has 0 saturated heterocycles. The second kappa shape index (κ2) is 8.43. The average Bonchev–Trinajstić information content (AvgIpc) is 3.12. The molecule has 3 aromatic rings. The van der Waals surface area contributed by atoms with E-state index in [1.54, 1.807) is 6.07 Å². The standard InChI is InChI=1S/C20H17F3N2O2S/c1-2-9-25(20(27)16-10-12-5-3-4-6-15(12)28-16)11-17(26)24-14-8-7-13(21)18(22)19(14)23/h3-8,10H,2,9,11H2,1H3,(H,24,26). The third-order valence-electron chi connectivity index (χ3n) is 4.06. The van der Waals surface area contributed by atoms with Gasteiger partial charge in [-0.3, -0.25) is 9.59 Å². The van der Waals surface area contributed by atoms with Crippen LogP contribution in [0.4, 0.5) is 18.9 Å². The Morgan fingerprint density at radius 3 is 2.54 bits per heavy atom. The normalized spacial score (nSPS) is 10.9. The van der Waals surface area contributed by atoms with Gasteiger partial charge < -0.3 is 10.2 Å². The van der Waals surface area contributed by atoms with Gasteiger partial charge in [0.1, 0.15) is 6.54 Å². The molecule has 0 unspecified atom stereocenters. The molecular weight excluding hydrogens is 389 g/mol. The molecule has 0 saturated carbocycles. The van der Waals surface area contributed by atoms with Crippen molar-refractivity contribution in [2.45, 2.75) is 13.3 Å². The molecule has 28 heavy (non-hydrogen) atoms. The summed E-state index contributed by atoms with van der Waals surface area (Å²) in [5.74, 6) is -5.50. The summed E-state index contributed by atoms with van der Waals surface area (Å²) < 4.78 is 41.0. The summed E-state index contributed by atoms with van der Waals surface area (Å²) in [6.07, 6.45) is 0.615. The van der Waals surface area contributed by atoms with Gasteiger partial charge in [0.15, 0.2) is 17.5 Å². The van der Waals surface area contributed by atoms with Crippen molar-refractivity contribution >= 4 is 38.9 Å². The smallest absolute Gasteiger partial charge is 0.264 e. The zero-order chi connectivity index (χ0) is 20.3. The van der Waals surface area contributed by atoms with Gasteiger partial charge in [0, 0.05) is 11.2 Å². The predicted octanol–water partition coefficient (Wildman–Crippen LogP) is 4.81. The van der Waals surface area contributed by atoms with Crippen LogP contribution in [0.3, 0.4) is 0 Å². The van der Waals surface area contributed by atoms with Crippen LogP contribution in [0.2, 0.25) is 0 Å². The van der Waals surface area contributed by atoms with Crippen molar-refractivity contribution in [1.82, 2.24) is 4.90 Å². The lowest BCUT2D eigenvalue weighted by Crippen LogP contribution is -2.38. The maximum atomic E-state index is 13.7. The number of fused-ring (bicyclic) bond motifs is 1. The first kappa shape index (κ1) is 19.9. The highest BCUT2D eigenvalue weighted by molar-refractivity contribution is 7.20. The highest BCUT2D eigenvalue weighted by Gasteiger charge is 2.22. The fraction of sp³-hybridized carbons (Fsp3) is 0.200. The third-order valence-corrected chi connectivity index (χ3v) is 5.16. The van der Waals surface area contributed by atoms with Crippen molar-refractivity contribution in [3.63, 3.8) is 0 Å². The van der Waals surface area contributed by atoms with Gasteiger partial charge in [0.25, 0.3) is 5.91 Å². The van der Waals surface area contributed by atoms with E-state index in [-0.39, 0.29) is 12.5 Å². The number of carbonyl (C=O) groups excluding carboxylic acids is 2. The van der Waals surface area contributed by atoms with Crippen LogP contribution >= 0.6 is 11.3 Å². The molecule has 0 aliphatic carbocycles. The van der Waals surface area contributed by atoms with E-state index >= 15 is 0 Å². The molecule has 0 aliphatic rings. The van der Waals surface area contributed by atoms with E-state index < -0.39 is 29.0 Å². The SMILES string of the molecule is CCCN(CC(=O)Nc1ccc(F)c(F)c1F)C(=O)c1cc2ccccc2s1. The molecule has 0 fully saturated rings. The van der Waals surface area contributed by atoms with E-state index in [2.05, 4.69) is 5.32 Å². The molecule has 4 nitrogen and oxygen atoms in total. The second-order valence-corrected chi connectivity index (χ2v) is 7.23. The average molecular weight is 406 g/mol. The third kappa shape index (κ3) is 4.17. The Bertz CT molecular complexity index is 1000. The lowest BCUT2D eigenvalue weighted by molar-refractivity contribution is -0.116. The van der Waals surface area contributed by atoms with E-state index in [4.69, 9.17) is 0 Å². The first-order valence-corrected chi connectivity index (χ1v) is 9.43. The molecule has 2 aromatic carbocycles. The van der Waals surface area contributed by atoms with Crippen molar-refractivity contribution in [2.75, 3.05) is 18.4 Å². The van der Waals surface area contributed by atoms with Crippen LogP contribution in [0.15, 0.2) is 42.5 Å². The Kier molecular flexibility index (Phi) is 5.99. The molecule has 1 N–H and O–H groups in total. The Morgan fingerprint density at radius 2 is 1.82 bits per heavy atom. The largest absolute Gasteiger partial charge is 0.329 e. The van der Waals surface area contributed by atoms with Gasteiger partial charge in [-0.1, -0.05) is 25.1 Å². The minimum atomic E-state index is -1.66. The maximum absolute atomic E-state index is 13.7. The molecule has 0 aliphatic heterocycles. The number of carbonyl (C=O) groups is 2. The topological polar surface area (TPSA) is 49.4 Å².